The van der Waals surface area contributed by atoms with Gasteiger partial charge in [0.1, 0.15) is 6.10 Å². The number of aliphatic hydroxyl groups excluding tert-OH is 1. The number of hydrogen-bond donors (Lipinski definition) is 1. The maximum absolute atomic E-state index is 10.9. The molecule has 2 atom stereocenters. The van der Waals surface area contributed by atoms with E-state index in [1.807, 2.05) is 19.1 Å². The highest BCUT2D eigenvalue weighted by molar-refractivity contribution is 5.70. The Morgan fingerprint density at radius 3 is 3.00 bits per heavy atom. The van der Waals surface area contributed by atoms with Crippen molar-refractivity contribution in [3.8, 4) is 0 Å². The van der Waals surface area contributed by atoms with Crippen LogP contribution in [0.4, 0.5) is 0 Å². The van der Waals surface area contributed by atoms with E-state index in [1.165, 1.54) is 0 Å². The number of allylic oxidation sites excluding steroid dienone is 3. The van der Waals surface area contributed by atoms with Crippen LogP contribution in [0.1, 0.15) is 19.8 Å². The first-order valence-electron chi connectivity index (χ1n) is 4.41. The van der Waals surface area contributed by atoms with Crippen molar-refractivity contribution in [3.63, 3.8) is 0 Å². The highest BCUT2D eigenvalue weighted by Crippen LogP contribution is 2.15. The summed E-state index contributed by atoms with van der Waals surface area (Å²) in [6.07, 6.45) is 6.94. The topological polar surface area (TPSA) is 46.5 Å². The van der Waals surface area contributed by atoms with Crippen molar-refractivity contribution in [1.29, 1.82) is 0 Å². The van der Waals surface area contributed by atoms with Crippen LogP contribution in [0.25, 0.3) is 0 Å². The van der Waals surface area contributed by atoms with Gasteiger partial charge in [0, 0.05) is 6.42 Å². The predicted octanol–water partition coefficient (Wildman–Crippen LogP) is 1.19. The van der Waals surface area contributed by atoms with Gasteiger partial charge in [-0.05, 0) is 19.4 Å². The van der Waals surface area contributed by atoms with Crippen LogP contribution >= 0.6 is 0 Å². The highest BCUT2D eigenvalue weighted by Gasteiger charge is 2.26. The molecule has 3 nitrogen and oxygen atoms in total. The summed E-state index contributed by atoms with van der Waals surface area (Å²) in [4.78, 5) is 10.9. The van der Waals surface area contributed by atoms with Gasteiger partial charge < -0.3 is 9.84 Å². The van der Waals surface area contributed by atoms with E-state index in [-0.39, 0.29) is 5.97 Å². The molecule has 1 saturated heterocycles. The van der Waals surface area contributed by atoms with Crippen molar-refractivity contribution < 1.29 is 14.6 Å². The lowest BCUT2D eigenvalue weighted by atomic mass is 10.1. The van der Waals surface area contributed by atoms with E-state index >= 15 is 0 Å². The third-order valence-electron chi connectivity index (χ3n) is 1.90. The summed E-state index contributed by atoms with van der Waals surface area (Å²) in [7, 11) is 0. The van der Waals surface area contributed by atoms with Crippen molar-refractivity contribution >= 4 is 5.97 Å². The molecule has 1 N–H and O–H groups in total. The Morgan fingerprint density at radius 1 is 1.54 bits per heavy atom. The van der Waals surface area contributed by atoms with E-state index in [1.54, 1.807) is 12.2 Å². The van der Waals surface area contributed by atoms with Crippen molar-refractivity contribution in [2.24, 2.45) is 0 Å². The van der Waals surface area contributed by atoms with Gasteiger partial charge in [-0.2, -0.15) is 0 Å². The van der Waals surface area contributed by atoms with Crippen molar-refractivity contribution in [1.82, 2.24) is 0 Å². The first-order chi connectivity index (χ1) is 6.24. The maximum atomic E-state index is 10.9. The second kappa shape index (κ2) is 4.82. The van der Waals surface area contributed by atoms with Gasteiger partial charge >= 0.3 is 5.97 Å². The molecule has 0 aliphatic carbocycles. The van der Waals surface area contributed by atoms with Crippen LogP contribution in [0.3, 0.4) is 0 Å². The fourth-order valence-electron chi connectivity index (χ4n) is 1.17. The van der Waals surface area contributed by atoms with Crippen molar-refractivity contribution in [2.45, 2.75) is 32.0 Å². The molecule has 3 heteroatoms. The number of carbonyl (C=O) groups is 1. The van der Waals surface area contributed by atoms with E-state index in [2.05, 4.69) is 0 Å². The Bertz CT molecular complexity index is 230. The Hall–Kier alpha value is -1.09. The van der Waals surface area contributed by atoms with Crippen molar-refractivity contribution in [3.05, 3.63) is 24.3 Å². The quantitative estimate of drug-likeness (QED) is 0.515. The van der Waals surface area contributed by atoms with Crippen LogP contribution < -0.4 is 0 Å². The lowest BCUT2D eigenvalue weighted by Crippen LogP contribution is -2.34. The van der Waals surface area contributed by atoms with Crippen molar-refractivity contribution in [2.75, 3.05) is 0 Å². The SMILES string of the molecule is C/C=C/C=C/[C@@H]1OC(=O)CC[C@H]1O. The molecule has 0 bridgehead atoms. The number of aliphatic hydroxyl groups is 1. The van der Waals surface area contributed by atoms with Crippen LogP contribution in [0.15, 0.2) is 24.3 Å². The summed E-state index contributed by atoms with van der Waals surface area (Å²) in [5.41, 5.74) is 0. The van der Waals surface area contributed by atoms with Gasteiger partial charge in [-0.25, -0.2) is 0 Å². The summed E-state index contributed by atoms with van der Waals surface area (Å²) in [5, 5.41) is 9.43. The number of esters is 1. The van der Waals surface area contributed by atoms with Crippen LogP contribution in [0, 0.1) is 0 Å². The number of ether oxygens (including phenoxy) is 1. The highest BCUT2D eigenvalue weighted by atomic mass is 16.6. The van der Waals surface area contributed by atoms with Gasteiger partial charge in [0.2, 0.25) is 0 Å². The Kier molecular flexibility index (Phi) is 3.71. The normalized spacial score (nSPS) is 29.8. The molecule has 0 spiro atoms. The third-order valence-corrected chi connectivity index (χ3v) is 1.90. The average Bonchev–Trinajstić information content (AvgIpc) is 2.11. The standard InChI is InChI=1S/C10H14O3/c1-2-3-4-5-9-8(11)6-7-10(12)13-9/h2-5,8-9,11H,6-7H2,1H3/b3-2+,5-4+/t8-,9+/m1/s1. The number of rotatable bonds is 2. The molecule has 1 heterocycles. The van der Waals surface area contributed by atoms with Crippen LogP contribution in [0.2, 0.25) is 0 Å². The molecule has 0 saturated carbocycles. The second-order valence-electron chi connectivity index (χ2n) is 2.97. The second-order valence-corrected chi connectivity index (χ2v) is 2.97. The molecule has 1 aliphatic heterocycles. The van der Waals surface area contributed by atoms with Gasteiger partial charge in [0.25, 0.3) is 0 Å². The molecule has 0 aromatic heterocycles. The van der Waals surface area contributed by atoms with E-state index in [0.29, 0.717) is 12.8 Å². The fraction of sp³-hybridized carbons (Fsp3) is 0.500. The summed E-state index contributed by atoms with van der Waals surface area (Å²) in [5.74, 6) is -0.236. The molecule has 1 rings (SSSR count). The van der Waals surface area contributed by atoms with Gasteiger partial charge in [-0.1, -0.05) is 18.2 Å². The van der Waals surface area contributed by atoms with Crippen LogP contribution in [-0.2, 0) is 9.53 Å². The lowest BCUT2D eigenvalue weighted by Gasteiger charge is -2.24. The molecule has 0 aromatic carbocycles. The first kappa shape index (κ1) is 9.99. The zero-order valence-electron chi connectivity index (χ0n) is 7.64. The number of cyclic esters (lactones) is 1. The molecule has 0 aromatic rings. The molecule has 0 amide bonds. The predicted molar refractivity (Wildman–Crippen MR) is 49.1 cm³/mol. The molecular weight excluding hydrogens is 168 g/mol. The molecule has 13 heavy (non-hydrogen) atoms. The summed E-state index contributed by atoms with van der Waals surface area (Å²) >= 11 is 0. The summed E-state index contributed by atoms with van der Waals surface area (Å²) in [6.45, 7) is 1.90. The van der Waals surface area contributed by atoms with E-state index in [9.17, 15) is 9.90 Å². The number of carbonyl (C=O) groups excluding carboxylic acids is 1. The van der Waals surface area contributed by atoms with Crippen LogP contribution in [-0.4, -0.2) is 23.3 Å². The average molecular weight is 182 g/mol. The smallest absolute Gasteiger partial charge is 0.306 e. The fourth-order valence-corrected chi connectivity index (χ4v) is 1.17. The molecular formula is C10H14O3. The van der Waals surface area contributed by atoms with E-state index in [0.717, 1.165) is 0 Å². The van der Waals surface area contributed by atoms with E-state index in [4.69, 9.17) is 4.74 Å². The number of hydrogen-bond acceptors (Lipinski definition) is 3. The summed E-state index contributed by atoms with van der Waals surface area (Å²) < 4.78 is 4.94. The zero-order chi connectivity index (χ0) is 9.68. The molecule has 0 unspecified atom stereocenters. The molecule has 0 radical (unpaired) electrons. The Labute approximate surface area is 77.7 Å². The third kappa shape index (κ3) is 3.03. The van der Waals surface area contributed by atoms with Gasteiger partial charge in [0.05, 0.1) is 6.10 Å². The van der Waals surface area contributed by atoms with Gasteiger partial charge in [0.15, 0.2) is 0 Å². The van der Waals surface area contributed by atoms with Gasteiger partial charge in [-0.15, -0.1) is 0 Å². The minimum absolute atomic E-state index is 0.236. The largest absolute Gasteiger partial charge is 0.455 e. The monoisotopic (exact) mass is 182 g/mol. The minimum atomic E-state index is -0.556. The van der Waals surface area contributed by atoms with E-state index < -0.39 is 12.2 Å². The molecule has 72 valence electrons. The first-order valence-corrected chi connectivity index (χ1v) is 4.41. The summed E-state index contributed by atoms with van der Waals surface area (Å²) in [6, 6.07) is 0. The Morgan fingerprint density at radius 2 is 2.31 bits per heavy atom. The molecule has 1 aliphatic rings. The lowest BCUT2D eigenvalue weighted by molar-refractivity contribution is -0.159. The minimum Gasteiger partial charge on any atom is -0.455 e. The van der Waals surface area contributed by atoms with Gasteiger partial charge in [-0.3, -0.25) is 4.79 Å². The maximum Gasteiger partial charge on any atom is 0.306 e. The molecule has 1 fully saturated rings. The zero-order valence-corrected chi connectivity index (χ0v) is 7.64. The van der Waals surface area contributed by atoms with Crippen LogP contribution in [0.5, 0.6) is 0 Å². The Balaban J connectivity index is 2.50.